The van der Waals surface area contributed by atoms with Crippen molar-refractivity contribution in [3.63, 3.8) is 0 Å². The van der Waals surface area contributed by atoms with Gasteiger partial charge in [0.15, 0.2) is 11.5 Å². The Hall–Kier alpha value is -1.82. The summed E-state index contributed by atoms with van der Waals surface area (Å²) < 4.78 is 12.5. The molecule has 16 heavy (non-hydrogen) atoms. The molecule has 0 saturated heterocycles. The normalized spacial score (nSPS) is 14.4. The van der Waals surface area contributed by atoms with E-state index in [2.05, 4.69) is 0 Å². The number of benzene rings is 1. The molecule has 1 aromatic rings. The third kappa shape index (κ3) is 2.40. The van der Waals surface area contributed by atoms with Gasteiger partial charge in [-0.25, -0.2) is 4.39 Å². The first-order chi connectivity index (χ1) is 7.39. The van der Waals surface area contributed by atoms with Crippen molar-refractivity contribution in [2.24, 2.45) is 5.73 Å². The van der Waals surface area contributed by atoms with E-state index in [0.29, 0.717) is 5.56 Å². The maximum Gasteiger partial charge on any atom is 0.326 e. The number of alkyl halides is 1. The predicted octanol–water partition coefficient (Wildman–Crippen LogP) is 0.392. The molecule has 1 atom stereocenters. The number of phenols is 2. The van der Waals surface area contributed by atoms with Gasteiger partial charge in [0.1, 0.15) is 12.2 Å². The minimum Gasteiger partial charge on any atom is -0.504 e. The van der Waals surface area contributed by atoms with Crippen LogP contribution < -0.4 is 5.73 Å². The fourth-order valence-electron chi connectivity index (χ4n) is 1.22. The second-order valence-electron chi connectivity index (χ2n) is 3.59. The fourth-order valence-corrected chi connectivity index (χ4v) is 1.22. The highest BCUT2D eigenvalue weighted by Gasteiger charge is 2.34. The quantitative estimate of drug-likeness (QED) is 0.559. The van der Waals surface area contributed by atoms with Crippen molar-refractivity contribution >= 4 is 5.97 Å². The molecule has 0 aliphatic rings. The van der Waals surface area contributed by atoms with E-state index in [9.17, 15) is 14.3 Å². The zero-order valence-corrected chi connectivity index (χ0v) is 8.35. The second-order valence-corrected chi connectivity index (χ2v) is 3.59. The molecule has 0 saturated carbocycles. The van der Waals surface area contributed by atoms with Gasteiger partial charge in [0, 0.05) is 6.42 Å². The Labute approximate surface area is 90.9 Å². The highest BCUT2D eigenvalue weighted by molar-refractivity contribution is 5.79. The molecule has 0 spiro atoms. The molecular weight excluding hydrogens is 217 g/mol. The lowest BCUT2D eigenvalue weighted by Crippen LogP contribution is -2.52. The monoisotopic (exact) mass is 229 g/mol. The van der Waals surface area contributed by atoms with Crippen molar-refractivity contribution < 1.29 is 24.5 Å². The average Bonchev–Trinajstić information content (AvgIpc) is 2.23. The SMILES string of the molecule is NC(CF)(Cc1ccc(O)c(O)c1)C(=O)O. The summed E-state index contributed by atoms with van der Waals surface area (Å²) in [6, 6.07) is 3.70. The van der Waals surface area contributed by atoms with Crippen LogP contribution in [0.1, 0.15) is 5.56 Å². The van der Waals surface area contributed by atoms with E-state index in [0.717, 1.165) is 6.07 Å². The Morgan fingerprint density at radius 3 is 2.44 bits per heavy atom. The number of aliphatic carboxylic acids is 1. The maximum absolute atomic E-state index is 12.5. The molecule has 1 rings (SSSR count). The van der Waals surface area contributed by atoms with Gasteiger partial charge in [0.2, 0.25) is 0 Å². The fraction of sp³-hybridized carbons (Fsp3) is 0.300. The summed E-state index contributed by atoms with van der Waals surface area (Å²) in [5.74, 6) is -2.19. The van der Waals surface area contributed by atoms with E-state index in [-0.39, 0.29) is 12.2 Å². The van der Waals surface area contributed by atoms with Crippen molar-refractivity contribution in [1.29, 1.82) is 0 Å². The van der Waals surface area contributed by atoms with E-state index in [4.69, 9.17) is 15.9 Å². The molecule has 1 unspecified atom stereocenters. The topological polar surface area (TPSA) is 104 Å². The van der Waals surface area contributed by atoms with E-state index in [1.165, 1.54) is 12.1 Å². The largest absolute Gasteiger partial charge is 0.504 e. The van der Waals surface area contributed by atoms with Crippen LogP contribution in [0.25, 0.3) is 0 Å². The molecule has 0 radical (unpaired) electrons. The standard InChI is InChI=1S/C10H12FNO4/c11-5-10(12,9(15)16)4-6-1-2-7(13)8(14)3-6/h1-3,13-14H,4-5,12H2,(H,15,16). The molecule has 5 nitrogen and oxygen atoms in total. The summed E-state index contributed by atoms with van der Waals surface area (Å²) in [5.41, 5.74) is 3.66. The summed E-state index contributed by atoms with van der Waals surface area (Å²) in [6.45, 7) is -1.22. The molecule has 0 aliphatic carbocycles. The summed E-state index contributed by atoms with van der Waals surface area (Å²) in [6.07, 6.45) is -0.271. The Bertz CT molecular complexity index is 410. The molecule has 0 heterocycles. The van der Waals surface area contributed by atoms with Crippen molar-refractivity contribution in [2.45, 2.75) is 12.0 Å². The number of carboxylic acids is 1. The zero-order valence-electron chi connectivity index (χ0n) is 8.35. The summed E-state index contributed by atoms with van der Waals surface area (Å²) >= 11 is 0. The molecule has 5 N–H and O–H groups in total. The van der Waals surface area contributed by atoms with Gasteiger partial charge < -0.3 is 21.1 Å². The van der Waals surface area contributed by atoms with Crippen LogP contribution in [0.15, 0.2) is 18.2 Å². The van der Waals surface area contributed by atoms with Gasteiger partial charge in [-0.1, -0.05) is 6.07 Å². The van der Waals surface area contributed by atoms with Crippen LogP contribution in [0.3, 0.4) is 0 Å². The number of nitrogens with two attached hydrogens (primary N) is 1. The van der Waals surface area contributed by atoms with Crippen molar-refractivity contribution in [3.05, 3.63) is 23.8 Å². The Morgan fingerprint density at radius 1 is 1.38 bits per heavy atom. The number of rotatable bonds is 4. The number of carboxylic acid groups (broad SMARTS) is 1. The Morgan fingerprint density at radius 2 is 2.00 bits per heavy atom. The minimum absolute atomic E-state index is 0.271. The Kier molecular flexibility index (Phi) is 3.34. The van der Waals surface area contributed by atoms with Crippen LogP contribution in [-0.4, -0.2) is 33.5 Å². The Balaban J connectivity index is 2.95. The van der Waals surface area contributed by atoms with Gasteiger partial charge in [-0.15, -0.1) is 0 Å². The van der Waals surface area contributed by atoms with Crippen LogP contribution in [-0.2, 0) is 11.2 Å². The van der Waals surface area contributed by atoms with Gasteiger partial charge in [-0.3, -0.25) is 4.79 Å². The molecule has 0 fully saturated rings. The van der Waals surface area contributed by atoms with Crippen LogP contribution >= 0.6 is 0 Å². The summed E-state index contributed by atoms with van der Waals surface area (Å²) in [4.78, 5) is 10.7. The van der Waals surface area contributed by atoms with Crippen molar-refractivity contribution in [3.8, 4) is 11.5 Å². The van der Waals surface area contributed by atoms with Gasteiger partial charge in [0.05, 0.1) is 0 Å². The molecule has 0 aromatic heterocycles. The molecule has 6 heteroatoms. The van der Waals surface area contributed by atoms with Gasteiger partial charge in [-0.2, -0.15) is 0 Å². The van der Waals surface area contributed by atoms with Crippen LogP contribution in [0, 0.1) is 0 Å². The average molecular weight is 229 g/mol. The van der Waals surface area contributed by atoms with Crippen molar-refractivity contribution in [1.82, 2.24) is 0 Å². The maximum atomic E-state index is 12.5. The molecule has 0 bridgehead atoms. The number of aromatic hydroxyl groups is 2. The zero-order chi connectivity index (χ0) is 12.3. The highest BCUT2D eigenvalue weighted by atomic mass is 19.1. The lowest BCUT2D eigenvalue weighted by atomic mass is 9.93. The first kappa shape index (κ1) is 12.3. The molecule has 0 aliphatic heterocycles. The van der Waals surface area contributed by atoms with Gasteiger partial charge >= 0.3 is 5.97 Å². The predicted molar refractivity (Wildman–Crippen MR) is 54.0 cm³/mol. The van der Waals surface area contributed by atoms with Crippen molar-refractivity contribution in [2.75, 3.05) is 6.67 Å². The van der Waals surface area contributed by atoms with Gasteiger partial charge in [-0.05, 0) is 17.7 Å². The smallest absolute Gasteiger partial charge is 0.326 e. The molecule has 88 valence electrons. The lowest BCUT2D eigenvalue weighted by molar-refractivity contribution is -0.143. The van der Waals surface area contributed by atoms with E-state index < -0.39 is 23.9 Å². The van der Waals surface area contributed by atoms with E-state index in [1.54, 1.807) is 0 Å². The molecule has 0 amide bonds. The molecule has 1 aromatic carbocycles. The number of halogens is 1. The third-order valence-electron chi connectivity index (χ3n) is 2.22. The minimum atomic E-state index is -2.01. The summed E-state index contributed by atoms with van der Waals surface area (Å²) in [5, 5.41) is 27.0. The lowest BCUT2D eigenvalue weighted by Gasteiger charge is -2.20. The first-order valence-corrected chi connectivity index (χ1v) is 4.48. The van der Waals surface area contributed by atoms with Crippen LogP contribution in [0.5, 0.6) is 11.5 Å². The van der Waals surface area contributed by atoms with E-state index >= 15 is 0 Å². The number of hydrogen-bond acceptors (Lipinski definition) is 4. The second kappa shape index (κ2) is 4.36. The van der Waals surface area contributed by atoms with E-state index in [1.807, 2.05) is 0 Å². The first-order valence-electron chi connectivity index (χ1n) is 4.48. The third-order valence-corrected chi connectivity index (χ3v) is 2.22. The van der Waals surface area contributed by atoms with Crippen LogP contribution in [0.2, 0.25) is 0 Å². The number of hydrogen-bond donors (Lipinski definition) is 4. The van der Waals surface area contributed by atoms with Crippen LogP contribution in [0.4, 0.5) is 4.39 Å². The number of carbonyl (C=O) groups is 1. The molecular formula is C10H12FNO4. The van der Waals surface area contributed by atoms with Gasteiger partial charge in [0.25, 0.3) is 0 Å². The highest BCUT2D eigenvalue weighted by Crippen LogP contribution is 2.26. The summed E-state index contributed by atoms with van der Waals surface area (Å²) in [7, 11) is 0. The number of phenolic OH excluding ortho intramolecular Hbond substituents is 2.